The Balaban J connectivity index is 1.69. The zero-order valence-corrected chi connectivity index (χ0v) is 11.1. The molecule has 1 aliphatic rings. The summed E-state index contributed by atoms with van der Waals surface area (Å²) in [4.78, 5) is 0. The molecule has 6 nitrogen and oxygen atoms in total. The van der Waals surface area contributed by atoms with Crippen LogP contribution < -0.4 is 15.2 Å². The van der Waals surface area contributed by atoms with Gasteiger partial charge in [0.05, 0.1) is 11.9 Å². The molecule has 3 aromatic rings. The zero-order chi connectivity index (χ0) is 14.2. The smallest absolute Gasteiger partial charge is 0.231 e. The number of anilines is 1. The summed E-state index contributed by atoms with van der Waals surface area (Å²) in [7, 11) is 0. The maximum absolute atomic E-state index is 5.69. The number of nitrogens with zero attached hydrogens (tertiary/aromatic N) is 3. The van der Waals surface area contributed by atoms with E-state index in [1.165, 1.54) is 0 Å². The highest BCUT2D eigenvalue weighted by atomic mass is 16.7. The Hall–Kier alpha value is -3.02. The van der Waals surface area contributed by atoms with E-state index in [2.05, 4.69) is 10.3 Å². The topological polar surface area (TPSA) is 75.2 Å². The lowest BCUT2D eigenvalue weighted by atomic mass is 10.1. The van der Waals surface area contributed by atoms with Gasteiger partial charge in [-0.1, -0.05) is 17.3 Å². The Bertz CT molecular complexity index is 796. The zero-order valence-electron chi connectivity index (χ0n) is 11.1. The third-order valence-electron chi connectivity index (χ3n) is 3.32. The number of hydrogen-bond acceptors (Lipinski definition) is 5. The van der Waals surface area contributed by atoms with E-state index < -0.39 is 0 Å². The number of fused-ring (bicyclic) bond motifs is 1. The van der Waals surface area contributed by atoms with Crippen LogP contribution in [0, 0.1) is 0 Å². The number of hydrogen-bond donors (Lipinski definition) is 1. The summed E-state index contributed by atoms with van der Waals surface area (Å²) in [6.07, 6.45) is 1.86. The summed E-state index contributed by atoms with van der Waals surface area (Å²) in [5.74, 6) is 1.47. The molecule has 0 fully saturated rings. The fourth-order valence-corrected chi connectivity index (χ4v) is 2.20. The number of benzene rings is 2. The van der Waals surface area contributed by atoms with Crippen molar-refractivity contribution in [2.45, 2.75) is 0 Å². The molecule has 6 heteroatoms. The van der Waals surface area contributed by atoms with Gasteiger partial charge in [0.2, 0.25) is 6.79 Å². The van der Waals surface area contributed by atoms with Crippen molar-refractivity contribution in [3.63, 3.8) is 0 Å². The van der Waals surface area contributed by atoms with E-state index in [1.54, 1.807) is 4.68 Å². The highest BCUT2D eigenvalue weighted by molar-refractivity contribution is 5.61. The maximum Gasteiger partial charge on any atom is 0.231 e. The average Bonchev–Trinajstić information content (AvgIpc) is 3.16. The normalized spacial score (nSPS) is 12.6. The molecule has 0 unspecified atom stereocenters. The second kappa shape index (κ2) is 4.52. The monoisotopic (exact) mass is 280 g/mol. The molecule has 0 saturated heterocycles. The molecule has 1 aromatic heterocycles. The molecule has 0 atom stereocenters. The van der Waals surface area contributed by atoms with Gasteiger partial charge in [0.25, 0.3) is 0 Å². The lowest BCUT2D eigenvalue weighted by Gasteiger charge is -2.01. The van der Waals surface area contributed by atoms with E-state index in [1.807, 2.05) is 48.7 Å². The Kier molecular flexibility index (Phi) is 2.53. The first-order valence-electron chi connectivity index (χ1n) is 6.48. The van der Waals surface area contributed by atoms with Crippen molar-refractivity contribution in [3.05, 3.63) is 48.7 Å². The van der Waals surface area contributed by atoms with Crippen molar-refractivity contribution in [1.82, 2.24) is 15.0 Å². The molecule has 0 saturated carbocycles. The Morgan fingerprint density at radius 2 is 1.81 bits per heavy atom. The van der Waals surface area contributed by atoms with Crippen molar-refractivity contribution in [2.24, 2.45) is 0 Å². The van der Waals surface area contributed by atoms with Gasteiger partial charge in [-0.15, -0.1) is 5.10 Å². The first-order chi connectivity index (χ1) is 10.3. The summed E-state index contributed by atoms with van der Waals surface area (Å²) < 4.78 is 12.4. The molecular weight excluding hydrogens is 268 g/mol. The van der Waals surface area contributed by atoms with E-state index in [0.717, 1.165) is 34.1 Å². The van der Waals surface area contributed by atoms with Crippen LogP contribution in [0.3, 0.4) is 0 Å². The van der Waals surface area contributed by atoms with Gasteiger partial charge in [-0.25, -0.2) is 4.68 Å². The van der Waals surface area contributed by atoms with Crippen LogP contribution in [0.15, 0.2) is 48.7 Å². The largest absolute Gasteiger partial charge is 0.454 e. The minimum Gasteiger partial charge on any atom is -0.454 e. The van der Waals surface area contributed by atoms with Crippen molar-refractivity contribution in [3.8, 4) is 28.4 Å². The molecule has 0 amide bonds. The Labute approximate surface area is 120 Å². The summed E-state index contributed by atoms with van der Waals surface area (Å²) >= 11 is 0. The average molecular weight is 280 g/mol. The molecule has 0 spiro atoms. The molecular formula is C15H12N4O2. The van der Waals surface area contributed by atoms with Crippen LogP contribution >= 0.6 is 0 Å². The Morgan fingerprint density at radius 1 is 1.00 bits per heavy atom. The number of ether oxygens (including phenoxy) is 2. The van der Waals surface area contributed by atoms with Crippen molar-refractivity contribution in [2.75, 3.05) is 12.5 Å². The van der Waals surface area contributed by atoms with Gasteiger partial charge >= 0.3 is 0 Å². The number of aromatic nitrogens is 3. The molecule has 21 heavy (non-hydrogen) atoms. The lowest BCUT2D eigenvalue weighted by Crippen LogP contribution is -1.94. The van der Waals surface area contributed by atoms with Gasteiger partial charge in [0, 0.05) is 17.3 Å². The summed E-state index contributed by atoms with van der Waals surface area (Å²) in [6.45, 7) is 0.257. The number of rotatable bonds is 2. The van der Waals surface area contributed by atoms with E-state index in [4.69, 9.17) is 15.2 Å². The van der Waals surface area contributed by atoms with Gasteiger partial charge in [0.15, 0.2) is 11.5 Å². The van der Waals surface area contributed by atoms with Crippen LogP contribution in [-0.4, -0.2) is 21.8 Å². The second-order valence-electron chi connectivity index (χ2n) is 4.71. The van der Waals surface area contributed by atoms with Crippen LogP contribution in [0.4, 0.5) is 5.69 Å². The fraction of sp³-hybridized carbons (Fsp3) is 0.0667. The summed E-state index contributed by atoms with van der Waals surface area (Å²) in [5.41, 5.74) is 9.03. The summed E-state index contributed by atoms with van der Waals surface area (Å²) in [5, 5.41) is 8.34. The van der Waals surface area contributed by atoms with Gasteiger partial charge in [-0.2, -0.15) is 0 Å². The second-order valence-corrected chi connectivity index (χ2v) is 4.71. The van der Waals surface area contributed by atoms with Gasteiger partial charge in [-0.05, 0) is 24.3 Å². The standard InChI is InChI=1S/C15H12N4O2/c16-11-3-1-10(2-4-11)13-8-19(18-17-13)12-5-6-14-15(7-12)21-9-20-14/h1-8H,9,16H2. The molecule has 0 bridgehead atoms. The first kappa shape index (κ1) is 11.8. The fourth-order valence-electron chi connectivity index (χ4n) is 2.20. The SMILES string of the molecule is Nc1ccc(-c2cn(-c3ccc4c(c3)OCO4)nn2)cc1. The minimum atomic E-state index is 0.257. The molecule has 2 aromatic carbocycles. The molecule has 104 valence electrons. The van der Waals surface area contributed by atoms with E-state index in [9.17, 15) is 0 Å². The predicted molar refractivity (Wildman–Crippen MR) is 77.3 cm³/mol. The number of nitrogen functional groups attached to an aromatic ring is 1. The molecule has 0 radical (unpaired) electrons. The third kappa shape index (κ3) is 2.06. The van der Waals surface area contributed by atoms with Crippen LogP contribution in [0.1, 0.15) is 0 Å². The quantitative estimate of drug-likeness (QED) is 0.729. The molecule has 1 aliphatic heterocycles. The van der Waals surface area contributed by atoms with E-state index >= 15 is 0 Å². The van der Waals surface area contributed by atoms with Crippen molar-refractivity contribution < 1.29 is 9.47 Å². The number of nitrogens with two attached hydrogens (primary N) is 1. The first-order valence-corrected chi connectivity index (χ1v) is 6.48. The van der Waals surface area contributed by atoms with Crippen LogP contribution in [0.25, 0.3) is 16.9 Å². The third-order valence-corrected chi connectivity index (χ3v) is 3.32. The van der Waals surface area contributed by atoms with Crippen LogP contribution in [0.5, 0.6) is 11.5 Å². The molecule has 2 N–H and O–H groups in total. The molecule has 4 rings (SSSR count). The van der Waals surface area contributed by atoms with Crippen LogP contribution in [-0.2, 0) is 0 Å². The highest BCUT2D eigenvalue weighted by Crippen LogP contribution is 2.33. The van der Waals surface area contributed by atoms with E-state index in [0.29, 0.717) is 0 Å². The molecule has 0 aliphatic carbocycles. The van der Waals surface area contributed by atoms with E-state index in [-0.39, 0.29) is 6.79 Å². The van der Waals surface area contributed by atoms with Crippen molar-refractivity contribution in [1.29, 1.82) is 0 Å². The predicted octanol–water partition coefficient (Wildman–Crippen LogP) is 2.25. The summed E-state index contributed by atoms with van der Waals surface area (Å²) in [6, 6.07) is 13.2. The van der Waals surface area contributed by atoms with Crippen molar-refractivity contribution >= 4 is 5.69 Å². The minimum absolute atomic E-state index is 0.257. The van der Waals surface area contributed by atoms with Gasteiger partial charge in [0.1, 0.15) is 5.69 Å². The van der Waals surface area contributed by atoms with Crippen LogP contribution in [0.2, 0.25) is 0 Å². The van der Waals surface area contributed by atoms with Gasteiger partial charge in [-0.3, -0.25) is 0 Å². The van der Waals surface area contributed by atoms with Gasteiger partial charge < -0.3 is 15.2 Å². The maximum atomic E-state index is 5.69. The Morgan fingerprint density at radius 3 is 2.67 bits per heavy atom. The lowest BCUT2D eigenvalue weighted by molar-refractivity contribution is 0.174. The highest BCUT2D eigenvalue weighted by Gasteiger charge is 2.14. The molecule has 2 heterocycles.